The molecule has 4 nitrogen and oxygen atoms in total. The Kier molecular flexibility index (Phi) is 3.11. The molecule has 3 rings (SSSR count). The van der Waals surface area contributed by atoms with Crippen LogP contribution in [0.1, 0.15) is 0 Å². The number of pyridine rings is 2. The van der Waals surface area contributed by atoms with Gasteiger partial charge in [0.2, 0.25) is 0 Å². The molecule has 0 aliphatic carbocycles. The Morgan fingerprint density at radius 1 is 1.11 bits per heavy atom. The predicted octanol–water partition coefficient (Wildman–Crippen LogP) is 1.35. The van der Waals surface area contributed by atoms with Crippen LogP contribution >= 0.6 is 0 Å². The largest absolute Gasteiger partial charge is 0.494 e. The lowest BCUT2D eigenvalue weighted by Crippen LogP contribution is -2.47. The van der Waals surface area contributed by atoms with Crippen LogP contribution in [0.25, 0.3) is 0 Å². The van der Waals surface area contributed by atoms with Crippen LogP contribution in [-0.2, 0) is 7.05 Å². The number of anilines is 2. The smallest absolute Gasteiger partial charge is 0.356 e. The summed E-state index contributed by atoms with van der Waals surface area (Å²) in [5, 5.41) is 0. The molecule has 19 heavy (non-hydrogen) atoms. The number of hydrogen-bond acceptors (Lipinski definition) is 3. The minimum absolute atomic E-state index is 0.323. The number of aryl methyl sites for hydroxylation is 1. The highest BCUT2D eigenvalue weighted by molar-refractivity contribution is 6.66. The average Bonchev–Trinajstić information content (AvgIpc) is 2.82. The topological polar surface area (TPSA) is 23.3 Å². The first-order valence-electron chi connectivity index (χ1n) is 6.66. The molecule has 2 aromatic rings. The van der Waals surface area contributed by atoms with Crippen LogP contribution < -0.4 is 14.2 Å². The summed E-state index contributed by atoms with van der Waals surface area (Å²) in [6.07, 6.45) is 3.94. The van der Waals surface area contributed by atoms with Crippen LogP contribution in [-0.4, -0.2) is 25.1 Å². The van der Waals surface area contributed by atoms with E-state index in [2.05, 4.69) is 63.5 Å². The molecule has 0 unspecified atom stereocenters. The fourth-order valence-corrected chi connectivity index (χ4v) is 2.71. The predicted molar refractivity (Wildman–Crippen MR) is 78.2 cm³/mol. The number of aromatic nitrogens is 2. The second-order valence-corrected chi connectivity index (χ2v) is 4.88. The van der Waals surface area contributed by atoms with E-state index in [9.17, 15) is 0 Å². The highest BCUT2D eigenvalue weighted by Gasteiger charge is 2.41. The minimum Gasteiger partial charge on any atom is -0.356 e. The molecule has 0 N–H and O–H groups in total. The van der Waals surface area contributed by atoms with Crippen LogP contribution in [0.5, 0.6) is 0 Å². The van der Waals surface area contributed by atoms with Gasteiger partial charge >= 0.3 is 6.98 Å². The molecule has 0 saturated carbocycles. The SMILES string of the molecule is CB1N(c2ccccn2)CCN1c1cccc[n+]1C. The van der Waals surface area contributed by atoms with Gasteiger partial charge in [-0.1, -0.05) is 12.1 Å². The number of rotatable bonds is 2. The molecule has 0 amide bonds. The maximum atomic E-state index is 4.45. The summed E-state index contributed by atoms with van der Waals surface area (Å²) in [6.45, 7) is 4.58. The van der Waals surface area contributed by atoms with Crippen molar-refractivity contribution in [1.82, 2.24) is 4.98 Å². The third-order valence-electron chi connectivity index (χ3n) is 3.75. The second kappa shape index (κ2) is 4.92. The standard InChI is InChI=1S/C14H18BN4/c1-15-18(13-7-3-5-9-16-13)11-12-19(15)14-8-4-6-10-17(14)2/h3-10H,11-12H2,1-2H3/q+1. The van der Waals surface area contributed by atoms with E-state index in [-0.39, 0.29) is 0 Å². The fraction of sp³-hybridized carbons (Fsp3) is 0.286. The number of hydrogen-bond donors (Lipinski definition) is 0. The van der Waals surface area contributed by atoms with Crippen LogP contribution in [0, 0.1) is 0 Å². The van der Waals surface area contributed by atoms with Gasteiger partial charge in [0.25, 0.3) is 5.82 Å². The molecule has 1 saturated heterocycles. The van der Waals surface area contributed by atoms with Crippen molar-refractivity contribution in [3.05, 3.63) is 48.8 Å². The van der Waals surface area contributed by atoms with Crippen molar-refractivity contribution in [3.8, 4) is 0 Å². The van der Waals surface area contributed by atoms with Crippen molar-refractivity contribution in [2.24, 2.45) is 7.05 Å². The van der Waals surface area contributed by atoms with Crippen LogP contribution in [0.4, 0.5) is 11.6 Å². The van der Waals surface area contributed by atoms with Crippen molar-refractivity contribution >= 4 is 18.6 Å². The molecule has 0 radical (unpaired) electrons. The zero-order valence-electron chi connectivity index (χ0n) is 11.4. The Bertz CT molecular complexity index is 560. The Balaban J connectivity index is 1.87. The van der Waals surface area contributed by atoms with E-state index in [0.717, 1.165) is 18.9 Å². The lowest BCUT2D eigenvalue weighted by Gasteiger charge is -2.20. The van der Waals surface area contributed by atoms with E-state index in [1.807, 2.05) is 18.3 Å². The van der Waals surface area contributed by atoms with E-state index in [1.165, 1.54) is 5.82 Å². The highest BCUT2D eigenvalue weighted by atomic mass is 15.3. The average molecular weight is 253 g/mol. The van der Waals surface area contributed by atoms with Gasteiger partial charge in [0.1, 0.15) is 5.82 Å². The molecule has 0 spiro atoms. The van der Waals surface area contributed by atoms with Gasteiger partial charge in [0.05, 0.1) is 19.8 Å². The summed E-state index contributed by atoms with van der Waals surface area (Å²) in [5.74, 6) is 2.30. The third kappa shape index (κ3) is 2.16. The fourth-order valence-electron chi connectivity index (χ4n) is 2.71. The van der Waals surface area contributed by atoms with Crippen LogP contribution in [0.2, 0.25) is 6.82 Å². The van der Waals surface area contributed by atoms with Crippen molar-refractivity contribution in [2.45, 2.75) is 6.82 Å². The molecule has 0 bridgehead atoms. The molecule has 1 aliphatic heterocycles. The van der Waals surface area contributed by atoms with Gasteiger partial charge in [-0.15, -0.1) is 0 Å². The van der Waals surface area contributed by atoms with Gasteiger partial charge in [-0.05, 0) is 25.0 Å². The zero-order valence-corrected chi connectivity index (χ0v) is 11.4. The second-order valence-electron chi connectivity index (χ2n) is 4.88. The van der Waals surface area contributed by atoms with E-state index in [1.54, 1.807) is 0 Å². The first-order valence-corrected chi connectivity index (χ1v) is 6.66. The van der Waals surface area contributed by atoms with Crippen molar-refractivity contribution < 1.29 is 4.57 Å². The van der Waals surface area contributed by atoms with Gasteiger partial charge in [-0.25, -0.2) is 9.55 Å². The van der Waals surface area contributed by atoms with Gasteiger partial charge in [0, 0.05) is 18.8 Å². The molecule has 5 heteroatoms. The Hall–Kier alpha value is -2.04. The summed E-state index contributed by atoms with van der Waals surface area (Å²) in [7, 11) is 2.09. The van der Waals surface area contributed by atoms with Crippen molar-refractivity contribution in [2.75, 3.05) is 22.7 Å². The van der Waals surface area contributed by atoms with Gasteiger partial charge < -0.3 is 9.62 Å². The lowest BCUT2D eigenvalue weighted by molar-refractivity contribution is -0.658. The molecule has 3 heterocycles. The molecule has 1 aliphatic rings. The first-order chi connectivity index (χ1) is 9.27. The Morgan fingerprint density at radius 3 is 2.63 bits per heavy atom. The Labute approximate surface area is 114 Å². The van der Waals surface area contributed by atoms with Crippen molar-refractivity contribution in [3.63, 3.8) is 0 Å². The quantitative estimate of drug-likeness (QED) is 0.596. The van der Waals surface area contributed by atoms with E-state index < -0.39 is 0 Å². The molecule has 1 fully saturated rings. The van der Waals surface area contributed by atoms with E-state index in [4.69, 9.17) is 0 Å². The van der Waals surface area contributed by atoms with Crippen LogP contribution in [0.3, 0.4) is 0 Å². The summed E-state index contributed by atoms with van der Waals surface area (Å²) < 4.78 is 2.17. The van der Waals surface area contributed by atoms with Crippen molar-refractivity contribution in [1.29, 1.82) is 0 Å². The van der Waals surface area contributed by atoms with Crippen LogP contribution in [0.15, 0.2) is 48.8 Å². The maximum absolute atomic E-state index is 4.45. The summed E-state index contributed by atoms with van der Waals surface area (Å²) >= 11 is 0. The van der Waals surface area contributed by atoms with Gasteiger partial charge in [-0.2, -0.15) is 0 Å². The molecule has 96 valence electrons. The third-order valence-corrected chi connectivity index (χ3v) is 3.75. The van der Waals surface area contributed by atoms with Gasteiger partial charge in [-0.3, -0.25) is 0 Å². The molecule has 0 atom stereocenters. The zero-order chi connectivity index (χ0) is 13.2. The molecule has 0 aromatic carbocycles. The molecule has 2 aromatic heterocycles. The first kappa shape index (κ1) is 12.0. The van der Waals surface area contributed by atoms with E-state index >= 15 is 0 Å². The summed E-state index contributed by atoms with van der Waals surface area (Å²) in [6, 6.07) is 12.4. The normalized spacial score (nSPS) is 15.2. The summed E-state index contributed by atoms with van der Waals surface area (Å²) in [5.41, 5.74) is 0. The highest BCUT2D eigenvalue weighted by Crippen LogP contribution is 2.22. The molecular weight excluding hydrogens is 235 g/mol. The monoisotopic (exact) mass is 253 g/mol. The Morgan fingerprint density at radius 2 is 1.89 bits per heavy atom. The molecular formula is C14H18BN4+. The number of nitrogens with zero attached hydrogens (tertiary/aromatic N) is 4. The summed E-state index contributed by atoms with van der Waals surface area (Å²) in [4.78, 5) is 9.21. The van der Waals surface area contributed by atoms with Gasteiger partial charge in [0.15, 0.2) is 0 Å². The maximum Gasteiger partial charge on any atom is 0.494 e. The van der Waals surface area contributed by atoms with E-state index in [0.29, 0.717) is 6.98 Å². The lowest BCUT2D eigenvalue weighted by atomic mass is 9.77. The minimum atomic E-state index is 0.323.